The number of rotatable bonds is 10. The number of ether oxygens (including phenoxy) is 2. The van der Waals surface area contributed by atoms with Crippen LogP contribution in [-0.4, -0.2) is 33.7 Å². The second kappa shape index (κ2) is 9.76. The third-order valence-electron chi connectivity index (χ3n) is 4.97. The standard InChI is InChI=1S/C24H25N3O4S/c1-30-20-8-10-21(11-9-20)32(28,29)27-19-5-2-4-18(16-19)17-25-14-15-31-24-7-3-6-23-22(24)12-13-26-23/h2-13,16,25-27H,14-15,17H2,1H3. The van der Waals surface area contributed by atoms with Crippen molar-refractivity contribution in [2.75, 3.05) is 25.0 Å². The first-order chi connectivity index (χ1) is 15.5. The molecule has 0 fully saturated rings. The molecule has 4 aromatic rings. The predicted octanol–water partition coefficient (Wildman–Crippen LogP) is 4.15. The first-order valence-corrected chi connectivity index (χ1v) is 11.7. The van der Waals surface area contributed by atoms with Crippen LogP contribution in [0.25, 0.3) is 10.9 Å². The van der Waals surface area contributed by atoms with Gasteiger partial charge in [-0.1, -0.05) is 18.2 Å². The number of aromatic nitrogens is 1. The van der Waals surface area contributed by atoms with Crippen LogP contribution in [0, 0.1) is 0 Å². The molecule has 166 valence electrons. The van der Waals surface area contributed by atoms with E-state index in [-0.39, 0.29) is 4.90 Å². The molecule has 0 amide bonds. The summed E-state index contributed by atoms with van der Waals surface area (Å²) in [4.78, 5) is 3.35. The van der Waals surface area contributed by atoms with Crippen molar-refractivity contribution < 1.29 is 17.9 Å². The number of nitrogens with one attached hydrogen (secondary N) is 3. The van der Waals surface area contributed by atoms with Crippen LogP contribution in [0.4, 0.5) is 5.69 Å². The molecule has 1 heterocycles. The summed E-state index contributed by atoms with van der Waals surface area (Å²) in [6.45, 7) is 1.77. The van der Waals surface area contributed by atoms with Gasteiger partial charge in [-0.05, 0) is 60.2 Å². The van der Waals surface area contributed by atoms with Crippen molar-refractivity contribution >= 4 is 26.6 Å². The molecule has 4 rings (SSSR count). The lowest BCUT2D eigenvalue weighted by molar-refractivity contribution is 0.317. The van der Waals surface area contributed by atoms with Gasteiger partial charge in [0.2, 0.25) is 0 Å². The number of hydrogen-bond donors (Lipinski definition) is 3. The van der Waals surface area contributed by atoms with Gasteiger partial charge in [0.1, 0.15) is 18.1 Å². The molecule has 7 nitrogen and oxygen atoms in total. The molecule has 0 saturated heterocycles. The van der Waals surface area contributed by atoms with E-state index >= 15 is 0 Å². The second-order valence-electron chi connectivity index (χ2n) is 7.20. The molecular formula is C24H25N3O4S. The van der Waals surface area contributed by atoms with Crippen LogP contribution in [0.2, 0.25) is 0 Å². The molecule has 0 radical (unpaired) electrons. The fraction of sp³-hybridized carbons (Fsp3) is 0.167. The van der Waals surface area contributed by atoms with Gasteiger partial charge in [-0.2, -0.15) is 0 Å². The first-order valence-electron chi connectivity index (χ1n) is 10.2. The quantitative estimate of drug-likeness (QED) is 0.315. The van der Waals surface area contributed by atoms with Crippen LogP contribution in [0.5, 0.6) is 11.5 Å². The van der Waals surface area contributed by atoms with Gasteiger partial charge in [0.15, 0.2) is 0 Å². The van der Waals surface area contributed by atoms with Crippen molar-refractivity contribution in [3.63, 3.8) is 0 Å². The van der Waals surface area contributed by atoms with Gasteiger partial charge in [-0.15, -0.1) is 0 Å². The number of hydrogen-bond acceptors (Lipinski definition) is 5. The minimum absolute atomic E-state index is 0.177. The van der Waals surface area contributed by atoms with E-state index < -0.39 is 10.0 Å². The van der Waals surface area contributed by atoms with E-state index in [0.29, 0.717) is 31.1 Å². The summed E-state index contributed by atoms with van der Waals surface area (Å²) in [5.74, 6) is 1.45. The number of benzene rings is 3. The van der Waals surface area contributed by atoms with Gasteiger partial charge >= 0.3 is 0 Å². The molecule has 0 atom stereocenters. The molecule has 0 spiro atoms. The van der Waals surface area contributed by atoms with Gasteiger partial charge in [0, 0.05) is 35.9 Å². The van der Waals surface area contributed by atoms with E-state index in [0.717, 1.165) is 22.2 Å². The highest BCUT2D eigenvalue weighted by atomic mass is 32.2. The molecule has 32 heavy (non-hydrogen) atoms. The van der Waals surface area contributed by atoms with Crippen molar-refractivity contribution in [1.82, 2.24) is 10.3 Å². The molecule has 3 aromatic carbocycles. The minimum Gasteiger partial charge on any atom is -0.497 e. The Morgan fingerprint density at radius 2 is 1.78 bits per heavy atom. The van der Waals surface area contributed by atoms with Crippen molar-refractivity contribution in [1.29, 1.82) is 0 Å². The average Bonchev–Trinajstić information content (AvgIpc) is 3.29. The Morgan fingerprint density at radius 1 is 0.969 bits per heavy atom. The van der Waals surface area contributed by atoms with E-state index in [4.69, 9.17) is 9.47 Å². The SMILES string of the molecule is COc1ccc(S(=O)(=O)Nc2cccc(CNCCOc3cccc4[nH]ccc34)c2)cc1. The Bertz CT molecular complexity index is 1280. The van der Waals surface area contributed by atoms with Crippen LogP contribution in [0.15, 0.2) is 83.9 Å². The van der Waals surface area contributed by atoms with Gasteiger partial charge in [0.25, 0.3) is 10.0 Å². The highest BCUT2D eigenvalue weighted by Crippen LogP contribution is 2.24. The highest BCUT2D eigenvalue weighted by molar-refractivity contribution is 7.92. The number of H-pyrrole nitrogens is 1. The third kappa shape index (κ3) is 5.22. The zero-order valence-corrected chi connectivity index (χ0v) is 18.5. The van der Waals surface area contributed by atoms with Crippen molar-refractivity contribution in [3.8, 4) is 11.5 Å². The summed E-state index contributed by atoms with van der Waals surface area (Å²) in [7, 11) is -2.14. The summed E-state index contributed by atoms with van der Waals surface area (Å²) in [6, 6.07) is 21.5. The third-order valence-corrected chi connectivity index (χ3v) is 6.37. The van der Waals surface area contributed by atoms with E-state index in [2.05, 4.69) is 15.0 Å². The fourth-order valence-corrected chi connectivity index (χ4v) is 4.41. The highest BCUT2D eigenvalue weighted by Gasteiger charge is 2.14. The largest absolute Gasteiger partial charge is 0.497 e. The lowest BCUT2D eigenvalue weighted by Crippen LogP contribution is -2.20. The zero-order chi connectivity index (χ0) is 22.4. The van der Waals surface area contributed by atoms with Gasteiger partial charge in [0.05, 0.1) is 12.0 Å². The van der Waals surface area contributed by atoms with Gasteiger partial charge in [-0.25, -0.2) is 8.42 Å². The van der Waals surface area contributed by atoms with E-state index in [9.17, 15) is 8.42 Å². The molecule has 0 saturated carbocycles. The average molecular weight is 452 g/mol. The number of aromatic amines is 1. The second-order valence-corrected chi connectivity index (χ2v) is 8.88. The van der Waals surface area contributed by atoms with Crippen molar-refractivity contribution in [3.05, 3.63) is 84.6 Å². The van der Waals surface area contributed by atoms with Crippen LogP contribution >= 0.6 is 0 Å². The molecule has 0 bridgehead atoms. The number of sulfonamides is 1. The van der Waals surface area contributed by atoms with E-state index in [1.54, 1.807) is 18.2 Å². The summed E-state index contributed by atoms with van der Waals surface area (Å²) < 4.78 is 38.9. The number of anilines is 1. The zero-order valence-electron chi connectivity index (χ0n) is 17.7. The molecule has 3 N–H and O–H groups in total. The normalized spacial score (nSPS) is 11.4. The maximum atomic E-state index is 12.6. The molecule has 0 unspecified atom stereocenters. The van der Waals surface area contributed by atoms with Crippen LogP contribution in [-0.2, 0) is 16.6 Å². The molecule has 0 aliphatic heterocycles. The molecule has 8 heteroatoms. The van der Waals surface area contributed by atoms with Gasteiger partial charge < -0.3 is 19.8 Å². The fourth-order valence-electron chi connectivity index (χ4n) is 3.36. The van der Waals surface area contributed by atoms with Crippen molar-refractivity contribution in [2.45, 2.75) is 11.4 Å². The predicted molar refractivity (Wildman–Crippen MR) is 126 cm³/mol. The summed E-state index contributed by atoms with van der Waals surface area (Å²) in [5, 5.41) is 4.38. The molecule has 1 aromatic heterocycles. The monoisotopic (exact) mass is 451 g/mol. The smallest absolute Gasteiger partial charge is 0.261 e. The Kier molecular flexibility index (Phi) is 6.63. The van der Waals surface area contributed by atoms with E-state index in [1.165, 1.54) is 19.2 Å². The van der Waals surface area contributed by atoms with Crippen LogP contribution in [0.3, 0.4) is 0 Å². The summed E-state index contributed by atoms with van der Waals surface area (Å²) in [6.07, 6.45) is 1.89. The summed E-state index contributed by atoms with van der Waals surface area (Å²) >= 11 is 0. The van der Waals surface area contributed by atoms with E-state index in [1.807, 2.05) is 48.7 Å². The topological polar surface area (TPSA) is 92.5 Å². The van der Waals surface area contributed by atoms with Crippen LogP contribution in [0.1, 0.15) is 5.56 Å². The maximum Gasteiger partial charge on any atom is 0.261 e. The van der Waals surface area contributed by atoms with Crippen LogP contribution < -0.4 is 19.5 Å². The Hall–Kier alpha value is -3.49. The lowest BCUT2D eigenvalue weighted by Gasteiger charge is -2.11. The molecular weight excluding hydrogens is 426 g/mol. The maximum absolute atomic E-state index is 12.6. The summed E-state index contributed by atoms with van der Waals surface area (Å²) in [5.41, 5.74) is 2.52. The Balaban J connectivity index is 1.29. The number of methoxy groups -OCH3 is 1. The Labute approximate surface area is 187 Å². The lowest BCUT2D eigenvalue weighted by atomic mass is 10.2. The Morgan fingerprint density at radius 3 is 2.59 bits per heavy atom. The number of fused-ring (bicyclic) bond motifs is 1. The molecule has 0 aliphatic rings. The van der Waals surface area contributed by atoms with Crippen molar-refractivity contribution in [2.24, 2.45) is 0 Å². The van der Waals surface area contributed by atoms with Gasteiger partial charge in [-0.3, -0.25) is 4.72 Å². The first kappa shape index (κ1) is 21.7. The molecule has 0 aliphatic carbocycles. The minimum atomic E-state index is -3.68.